The number of aryl methyl sites for hydroxylation is 2. The summed E-state index contributed by atoms with van der Waals surface area (Å²) in [6, 6.07) is 5.72. The van der Waals surface area contributed by atoms with Gasteiger partial charge in [0.2, 0.25) is 0 Å². The molecule has 5 rings (SSSR count). The number of carbonyl (C=O) groups excluding carboxylic acids is 1. The van der Waals surface area contributed by atoms with Gasteiger partial charge in [-0.25, -0.2) is 4.98 Å². The van der Waals surface area contributed by atoms with Crippen LogP contribution < -0.4 is 14.8 Å². The molecule has 0 saturated heterocycles. The highest BCUT2D eigenvalue weighted by molar-refractivity contribution is 6.32. The van der Waals surface area contributed by atoms with Gasteiger partial charge in [0.05, 0.1) is 21.7 Å². The van der Waals surface area contributed by atoms with E-state index in [0.717, 1.165) is 40.8 Å². The first-order valence-corrected chi connectivity index (χ1v) is 10.6. The molecular formula is C22H23ClN4O3. The smallest absolute Gasteiger partial charge is 0.252 e. The van der Waals surface area contributed by atoms with E-state index in [1.54, 1.807) is 4.68 Å². The van der Waals surface area contributed by atoms with E-state index in [1.807, 2.05) is 32.2 Å². The lowest BCUT2D eigenvalue weighted by atomic mass is 10.1. The maximum atomic E-state index is 13.1. The number of fused-ring (bicyclic) bond motifs is 2. The van der Waals surface area contributed by atoms with Crippen molar-refractivity contribution in [2.24, 2.45) is 7.05 Å². The third-order valence-corrected chi connectivity index (χ3v) is 5.87. The van der Waals surface area contributed by atoms with E-state index in [4.69, 9.17) is 26.1 Å². The van der Waals surface area contributed by atoms with Crippen LogP contribution in [0.2, 0.25) is 5.02 Å². The van der Waals surface area contributed by atoms with Gasteiger partial charge in [0.1, 0.15) is 13.2 Å². The molecule has 2 aromatic heterocycles. The summed E-state index contributed by atoms with van der Waals surface area (Å²) in [6.07, 6.45) is 2.89. The predicted molar refractivity (Wildman–Crippen MR) is 114 cm³/mol. The maximum Gasteiger partial charge on any atom is 0.252 e. The molecule has 0 bridgehead atoms. The second-order valence-corrected chi connectivity index (χ2v) is 8.29. The number of pyridine rings is 1. The van der Waals surface area contributed by atoms with Crippen LogP contribution in [0.5, 0.6) is 11.5 Å². The van der Waals surface area contributed by atoms with Crippen molar-refractivity contribution < 1.29 is 14.3 Å². The molecule has 0 atom stereocenters. The van der Waals surface area contributed by atoms with Crippen molar-refractivity contribution in [2.45, 2.75) is 32.1 Å². The number of halogens is 1. The van der Waals surface area contributed by atoms with Crippen LogP contribution >= 0.6 is 11.6 Å². The molecule has 156 valence electrons. The van der Waals surface area contributed by atoms with Crippen LogP contribution in [0, 0.1) is 6.92 Å². The second kappa shape index (κ2) is 7.47. The fraction of sp³-hybridized carbons (Fsp3) is 0.409. The van der Waals surface area contributed by atoms with Gasteiger partial charge in [-0.2, -0.15) is 5.10 Å². The zero-order chi connectivity index (χ0) is 20.8. The van der Waals surface area contributed by atoms with Crippen LogP contribution in [-0.2, 0) is 13.5 Å². The Bertz CT molecular complexity index is 1150. The Morgan fingerprint density at radius 2 is 2.07 bits per heavy atom. The van der Waals surface area contributed by atoms with Crippen molar-refractivity contribution in [1.82, 2.24) is 20.1 Å². The lowest BCUT2D eigenvalue weighted by Crippen LogP contribution is -2.26. The highest BCUT2D eigenvalue weighted by Crippen LogP contribution is 2.40. The fourth-order valence-electron chi connectivity index (χ4n) is 3.96. The fourth-order valence-corrected chi connectivity index (χ4v) is 4.24. The summed E-state index contributed by atoms with van der Waals surface area (Å²) in [4.78, 5) is 17.8. The van der Waals surface area contributed by atoms with Gasteiger partial charge < -0.3 is 14.8 Å². The zero-order valence-corrected chi connectivity index (χ0v) is 17.8. The highest BCUT2D eigenvalue weighted by atomic mass is 35.5. The molecule has 30 heavy (non-hydrogen) atoms. The molecule has 0 unspecified atom stereocenters. The molecule has 3 aromatic rings. The molecular weight excluding hydrogens is 404 g/mol. The van der Waals surface area contributed by atoms with Crippen molar-refractivity contribution in [3.05, 3.63) is 45.7 Å². The number of nitrogens with one attached hydrogen (secondary N) is 1. The van der Waals surface area contributed by atoms with Gasteiger partial charge in [0.15, 0.2) is 17.1 Å². The molecule has 2 aliphatic rings. The molecule has 1 saturated carbocycles. The quantitative estimate of drug-likeness (QED) is 0.675. The van der Waals surface area contributed by atoms with Crippen molar-refractivity contribution in [3.8, 4) is 11.5 Å². The minimum Gasteiger partial charge on any atom is -0.486 e. The number of carbonyl (C=O) groups is 1. The molecule has 1 aliphatic carbocycles. The van der Waals surface area contributed by atoms with E-state index in [9.17, 15) is 4.79 Å². The summed E-state index contributed by atoms with van der Waals surface area (Å²) in [7, 11) is 1.87. The number of hydrogen-bond acceptors (Lipinski definition) is 5. The molecule has 7 nitrogen and oxygen atoms in total. The van der Waals surface area contributed by atoms with Crippen molar-refractivity contribution in [3.63, 3.8) is 0 Å². The normalized spacial score (nSPS) is 15.4. The largest absolute Gasteiger partial charge is 0.486 e. The minimum atomic E-state index is -0.107. The Kier molecular flexibility index (Phi) is 4.77. The first-order chi connectivity index (χ1) is 14.5. The Morgan fingerprint density at radius 3 is 2.87 bits per heavy atom. The average molecular weight is 427 g/mol. The Labute approximate surface area is 179 Å². The molecule has 1 fully saturated rings. The first kappa shape index (κ1) is 19.2. The number of benzene rings is 1. The summed E-state index contributed by atoms with van der Waals surface area (Å²) in [5.41, 5.74) is 4.19. The third kappa shape index (κ3) is 3.47. The van der Waals surface area contributed by atoms with E-state index in [0.29, 0.717) is 54.2 Å². The van der Waals surface area contributed by atoms with Gasteiger partial charge in [0, 0.05) is 25.2 Å². The lowest BCUT2D eigenvalue weighted by molar-refractivity contribution is 0.0955. The van der Waals surface area contributed by atoms with Gasteiger partial charge >= 0.3 is 0 Å². The molecule has 1 amide bonds. The third-order valence-electron chi connectivity index (χ3n) is 5.58. The molecule has 3 heterocycles. The number of hydrogen-bond donors (Lipinski definition) is 1. The van der Waals surface area contributed by atoms with Gasteiger partial charge in [-0.05, 0) is 49.9 Å². The topological polar surface area (TPSA) is 78.3 Å². The van der Waals surface area contributed by atoms with E-state index in [1.165, 1.54) is 0 Å². The zero-order valence-electron chi connectivity index (χ0n) is 17.0. The van der Waals surface area contributed by atoms with Gasteiger partial charge in [0.25, 0.3) is 5.91 Å². The first-order valence-electron chi connectivity index (χ1n) is 10.2. The number of aromatic nitrogens is 3. The monoisotopic (exact) mass is 426 g/mol. The SMILES string of the molecule is Cc1nn(C)c2nc(C3CC3)cc(C(=O)NCCc3cc(Cl)c4c(c3)OCCO4)c12. The molecule has 0 radical (unpaired) electrons. The summed E-state index contributed by atoms with van der Waals surface area (Å²) in [5, 5.41) is 8.86. The predicted octanol–water partition coefficient (Wildman–Crippen LogP) is 3.55. The van der Waals surface area contributed by atoms with Gasteiger partial charge in [-0.1, -0.05) is 11.6 Å². The summed E-state index contributed by atoms with van der Waals surface area (Å²) in [6.45, 7) is 3.40. The van der Waals surface area contributed by atoms with Crippen molar-refractivity contribution in [1.29, 1.82) is 0 Å². The van der Waals surface area contributed by atoms with Crippen LogP contribution in [0.3, 0.4) is 0 Å². The minimum absolute atomic E-state index is 0.107. The standard InChI is InChI=1S/C22H23ClN4O3/c1-12-19-15(11-17(14-3-4-14)25-21(19)27(2)26-12)22(28)24-6-5-13-9-16(23)20-18(10-13)29-7-8-30-20/h9-11,14H,3-8H2,1-2H3,(H,24,28). The lowest BCUT2D eigenvalue weighted by Gasteiger charge is -2.20. The van der Waals surface area contributed by atoms with Crippen LogP contribution in [0.15, 0.2) is 18.2 Å². The van der Waals surface area contributed by atoms with Crippen LogP contribution in [-0.4, -0.2) is 40.4 Å². The second-order valence-electron chi connectivity index (χ2n) is 7.88. The Hall–Kier alpha value is -2.80. The van der Waals surface area contributed by atoms with Gasteiger partial charge in [-0.3, -0.25) is 9.48 Å². The number of rotatable bonds is 5. The molecule has 1 aromatic carbocycles. The van der Waals surface area contributed by atoms with E-state index < -0.39 is 0 Å². The molecule has 1 N–H and O–H groups in total. The van der Waals surface area contributed by atoms with Crippen LogP contribution in [0.1, 0.15) is 46.1 Å². The van der Waals surface area contributed by atoms with Crippen LogP contribution in [0.4, 0.5) is 0 Å². The number of ether oxygens (including phenoxy) is 2. The van der Waals surface area contributed by atoms with E-state index in [2.05, 4.69) is 10.4 Å². The average Bonchev–Trinajstić information content (AvgIpc) is 3.54. The number of amides is 1. The Morgan fingerprint density at radius 1 is 1.27 bits per heavy atom. The maximum absolute atomic E-state index is 13.1. The number of nitrogens with zero attached hydrogens (tertiary/aromatic N) is 3. The van der Waals surface area contributed by atoms with Gasteiger partial charge in [-0.15, -0.1) is 0 Å². The van der Waals surface area contributed by atoms with E-state index >= 15 is 0 Å². The Balaban J connectivity index is 1.35. The summed E-state index contributed by atoms with van der Waals surface area (Å²) in [5.74, 6) is 1.60. The molecule has 1 aliphatic heterocycles. The highest BCUT2D eigenvalue weighted by Gasteiger charge is 2.28. The van der Waals surface area contributed by atoms with Crippen molar-refractivity contribution in [2.75, 3.05) is 19.8 Å². The van der Waals surface area contributed by atoms with Crippen LogP contribution in [0.25, 0.3) is 11.0 Å². The molecule has 8 heteroatoms. The summed E-state index contributed by atoms with van der Waals surface area (Å²) >= 11 is 6.31. The van der Waals surface area contributed by atoms with E-state index in [-0.39, 0.29) is 5.91 Å². The van der Waals surface area contributed by atoms with Crippen molar-refractivity contribution >= 4 is 28.5 Å². The summed E-state index contributed by atoms with van der Waals surface area (Å²) < 4.78 is 12.9. The molecule has 0 spiro atoms.